The van der Waals surface area contributed by atoms with Crippen LogP contribution in [0.1, 0.15) is 42.4 Å². The fraction of sp³-hybridized carbons (Fsp3) is 0.231. The van der Waals surface area contributed by atoms with E-state index in [2.05, 4.69) is 78.9 Å². The van der Waals surface area contributed by atoms with Crippen molar-refractivity contribution in [3.8, 4) is 0 Å². The van der Waals surface area contributed by atoms with E-state index in [1.54, 1.807) is 0 Å². The monoisotopic (exact) mass is 356 g/mol. The largest absolute Gasteiger partial charge is 0.386 e. The Morgan fingerprint density at radius 1 is 0.778 bits per heavy atom. The first-order chi connectivity index (χ1) is 13.1. The van der Waals surface area contributed by atoms with Gasteiger partial charge >= 0.3 is 0 Å². The zero-order valence-electron chi connectivity index (χ0n) is 16.0. The van der Waals surface area contributed by atoms with E-state index in [4.69, 9.17) is 0 Å². The molecule has 3 aromatic carbocycles. The Morgan fingerprint density at radius 3 is 1.78 bits per heavy atom. The minimum Gasteiger partial charge on any atom is -0.386 e. The van der Waals surface area contributed by atoms with Crippen LogP contribution in [0.4, 0.5) is 0 Å². The van der Waals surface area contributed by atoms with E-state index in [1.165, 1.54) is 16.7 Å². The van der Waals surface area contributed by atoms with Gasteiger partial charge in [-0.05, 0) is 42.9 Å². The van der Waals surface area contributed by atoms with Gasteiger partial charge in [0.1, 0.15) is 0 Å². The summed E-state index contributed by atoms with van der Waals surface area (Å²) in [5.41, 5.74) is 3.07. The van der Waals surface area contributed by atoms with Crippen molar-refractivity contribution in [1.29, 1.82) is 0 Å². The molecule has 0 saturated heterocycles. The van der Waals surface area contributed by atoms with Gasteiger partial charge in [0.25, 0.3) is 0 Å². The number of rotatable bonds is 8. The molecule has 0 bridgehead atoms. The molecule has 0 fully saturated rings. The van der Waals surface area contributed by atoms with Gasteiger partial charge in [0.05, 0.1) is 5.60 Å². The summed E-state index contributed by atoms with van der Waals surface area (Å²) in [7, 11) is 0. The molecule has 1 unspecified atom stereocenters. The van der Waals surface area contributed by atoms with E-state index >= 15 is 0 Å². The normalized spacial score (nSPS) is 13.7. The van der Waals surface area contributed by atoms with Gasteiger partial charge in [-0.2, -0.15) is 0 Å². The lowest BCUT2D eigenvalue weighted by molar-refractivity contribution is 0.102. The maximum atomic E-state index is 10.7. The summed E-state index contributed by atoms with van der Waals surface area (Å²) in [5.74, 6) is 0.300. The van der Waals surface area contributed by atoms with Gasteiger partial charge in [0, 0.05) is 5.92 Å². The fourth-order valence-corrected chi connectivity index (χ4v) is 3.42. The Labute approximate surface area is 163 Å². The van der Waals surface area contributed by atoms with Gasteiger partial charge < -0.3 is 5.11 Å². The quantitative estimate of drug-likeness (QED) is 0.480. The molecule has 0 heterocycles. The molecule has 0 radical (unpaired) electrons. The van der Waals surface area contributed by atoms with Crippen LogP contribution in [0, 0.1) is 0 Å². The Morgan fingerprint density at radius 2 is 1.26 bits per heavy atom. The highest BCUT2D eigenvalue weighted by Gasteiger charge is 2.17. The number of hydrogen-bond acceptors (Lipinski definition) is 1. The minimum atomic E-state index is -0.798. The Hall–Kier alpha value is -2.64. The molecule has 0 amide bonds. The highest BCUT2D eigenvalue weighted by Crippen LogP contribution is 2.29. The molecule has 0 aliphatic heterocycles. The van der Waals surface area contributed by atoms with Gasteiger partial charge in [0.15, 0.2) is 0 Å². The molecule has 0 saturated carbocycles. The second kappa shape index (κ2) is 9.34. The van der Waals surface area contributed by atoms with E-state index in [-0.39, 0.29) is 0 Å². The zero-order chi connectivity index (χ0) is 19.0. The molecule has 3 aromatic rings. The molecule has 0 aromatic heterocycles. The third-order valence-electron chi connectivity index (χ3n) is 5.02. The highest BCUT2D eigenvalue weighted by molar-refractivity contribution is 5.33. The first-order valence-electron chi connectivity index (χ1n) is 9.68. The van der Waals surface area contributed by atoms with Gasteiger partial charge in [0.2, 0.25) is 0 Å². The molecule has 3 rings (SSSR count). The van der Waals surface area contributed by atoms with Crippen molar-refractivity contribution in [3.05, 3.63) is 120 Å². The second-order valence-corrected chi connectivity index (χ2v) is 7.35. The van der Waals surface area contributed by atoms with Crippen molar-refractivity contribution in [2.45, 2.75) is 37.7 Å². The summed E-state index contributed by atoms with van der Waals surface area (Å²) in [5, 5.41) is 10.7. The predicted octanol–water partition coefficient (Wildman–Crippen LogP) is 6.15. The standard InChI is InChI=1S/C26H28O/c1-26(27,21-19-22-12-5-2-6-13-22)20-11-18-25(23-14-7-3-8-15-23)24-16-9-4-10-17-24/h2-17,20,25,27H,18-19,21H2,1H3/b20-11+. The summed E-state index contributed by atoms with van der Waals surface area (Å²) in [6.45, 7) is 1.90. The minimum absolute atomic E-state index is 0.300. The molecule has 0 aliphatic rings. The van der Waals surface area contributed by atoms with Crippen LogP contribution >= 0.6 is 0 Å². The Kier molecular flexibility index (Phi) is 6.62. The third-order valence-corrected chi connectivity index (χ3v) is 5.02. The Bertz CT molecular complexity index is 780. The van der Waals surface area contributed by atoms with Crippen LogP contribution in [0.25, 0.3) is 0 Å². The van der Waals surface area contributed by atoms with E-state index in [1.807, 2.05) is 31.2 Å². The molecule has 138 valence electrons. The number of benzene rings is 3. The van der Waals surface area contributed by atoms with Crippen molar-refractivity contribution >= 4 is 0 Å². The average molecular weight is 357 g/mol. The molecule has 1 N–H and O–H groups in total. The van der Waals surface area contributed by atoms with Crippen LogP contribution in [0.3, 0.4) is 0 Å². The third kappa shape index (κ3) is 5.94. The van der Waals surface area contributed by atoms with Crippen molar-refractivity contribution in [1.82, 2.24) is 0 Å². The van der Waals surface area contributed by atoms with Crippen LogP contribution in [0.15, 0.2) is 103 Å². The van der Waals surface area contributed by atoms with Gasteiger partial charge in [-0.15, -0.1) is 0 Å². The van der Waals surface area contributed by atoms with Crippen molar-refractivity contribution in [2.24, 2.45) is 0 Å². The molecule has 1 heteroatoms. The number of hydrogen-bond donors (Lipinski definition) is 1. The van der Waals surface area contributed by atoms with E-state index in [0.29, 0.717) is 5.92 Å². The smallest absolute Gasteiger partial charge is 0.0802 e. The topological polar surface area (TPSA) is 20.2 Å². The average Bonchev–Trinajstić information content (AvgIpc) is 2.72. The molecular formula is C26H28O. The fourth-order valence-electron chi connectivity index (χ4n) is 3.42. The van der Waals surface area contributed by atoms with Gasteiger partial charge in [-0.1, -0.05) is 103 Å². The van der Waals surface area contributed by atoms with Crippen LogP contribution in [0.5, 0.6) is 0 Å². The molecule has 1 atom stereocenters. The van der Waals surface area contributed by atoms with Crippen molar-refractivity contribution in [2.75, 3.05) is 0 Å². The molecule has 0 spiro atoms. The Balaban J connectivity index is 1.67. The number of allylic oxidation sites excluding steroid dienone is 1. The molecule has 27 heavy (non-hydrogen) atoms. The number of aliphatic hydroxyl groups is 1. The molecule has 1 nitrogen and oxygen atoms in total. The van der Waals surface area contributed by atoms with Crippen molar-refractivity contribution in [3.63, 3.8) is 0 Å². The van der Waals surface area contributed by atoms with E-state index < -0.39 is 5.60 Å². The summed E-state index contributed by atoms with van der Waals surface area (Å²) < 4.78 is 0. The first-order valence-corrected chi connectivity index (χ1v) is 9.68. The predicted molar refractivity (Wildman–Crippen MR) is 114 cm³/mol. The number of aryl methyl sites for hydroxylation is 1. The van der Waals surface area contributed by atoms with Crippen LogP contribution in [0.2, 0.25) is 0 Å². The highest BCUT2D eigenvalue weighted by atomic mass is 16.3. The summed E-state index contributed by atoms with van der Waals surface area (Å²) in [6.07, 6.45) is 6.56. The lowest BCUT2D eigenvalue weighted by Gasteiger charge is -2.20. The first kappa shape index (κ1) is 19.1. The SMILES string of the molecule is CC(O)(/C=C/CC(c1ccccc1)c1ccccc1)CCc1ccccc1. The van der Waals surface area contributed by atoms with Crippen LogP contribution in [-0.4, -0.2) is 10.7 Å². The van der Waals surface area contributed by atoms with E-state index in [9.17, 15) is 5.11 Å². The molecule has 0 aliphatic carbocycles. The lowest BCUT2D eigenvalue weighted by Crippen LogP contribution is -2.21. The van der Waals surface area contributed by atoms with Crippen molar-refractivity contribution < 1.29 is 5.11 Å². The van der Waals surface area contributed by atoms with Crippen LogP contribution in [-0.2, 0) is 6.42 Å². The summed E-state index contributed by atoms with van der Waals surface area (Å²) >= 11 is 0. The lowest BCUT2D eigenvalue weighted by atomic mass is 9.87. The summed E-state index contributed by atoms with van der Waals surface area (Å²) in [4.78, 5) is 0. The van der Waals surface area contributed by atoms with Gasteiger partial charge in [-0.25, -0.2) is 0 Å². The van der Waals surface area contributed by atoms with Gasteiger partial charge in [-0.3, -0.25) is 0 Å². The maximum Gasteiger partial charge on any atom is 0.0802 e. The molecular weight excluding hydrogens is 328 g/mol. The van der Waals surface area contributed by atoms with E-state index in [0.717, 1.165) is 19.3 Å². The summed E-state index contributed by atoms with van der Waals surface area (Å²) in [6, 6.07) is 31.5. The zero-order valence-corrected chi connectivity index (χ0v) is 16.0. The maximum absolute atomic E-state index is 10.7. The van der Waals surface area contributed by atoms with Crippen LogP contribution < -0.4 is 0 Å². The second-order valence-electron chi connectivity index (χ2n) is 7.35.